The molecule has 0 atom stereocenters. The second-order valence-electron chi connectivity index (χ2n) is 7.60. The van der Waals surface area contributed by atoms with Gasteiger partial charge in [0.15, 0.2) is 0 Å². The van der Waals surface area contributed by atoms with E-state index in [4.69, 9.17) is 11.6 Å². The maximum absolute atomic E-state index is 6.30. The Hall–Kier alpha value is -2.45. The zero-order chi connectivity index (χ0) is 20.4. The van der Waals surface area contributed by atoms with E-state index < -0.39 is 0 Å². The molecule has 0 saturated heterocycles. The molecular weight excluding hydrogens is 376 g/mol. The first-order valence-corrected chi connectivity index (χ1v) is 11.1. The van der Waals surface area contributed by atoms with Gasteiger partial charge in [-0.05, 0) is 87.2 Å². The van der Waals surface area contributed by atoms with E-state index in [-0.39, 0.29) is 0 Å². The summed E-state index contributed by atoms with van der Waals surface area (Å²) in [6.07, 6.45) is 2.09. The highest BCUT2D eigenvalue weighted by atomic mass is 35.5. The Morgan fingerprint density at radius 1 is 0.724 bits per heavy atom. The lowest BCUT2D eigenvalue weighted by Gasteiger charge is -2.21. The predicted octanol–water partition coefficient (Wildman–Crippen LogP) is 7.10. The van der Waals surface area contributed by atoms with Crippen LogP contribution in [0.5, 0.6) is 0 Å². The topological polar surface area (TPSA) is 8.17 Å². The van der Waals surface area contributed by atoms with Gasteiger partial charge in [-0.25, -0.2) is 0 Å². The molecule has 0 N–H and O–H groups in total. The molecule has 0 aliphatic rings. The van der Waals surface area contributed by atoms with Gasteiger partial charge in [0.25, 0.3) is 0 Å². The van der Waals surface area contributed by atoms with Gasteiger partial charge in [0.1, 0.15) is 0 Å². The molecule has 0 amide bonds. The maximum Gasteiger partial charge on any atom is 0.0492 e. The van der Waals surface area contributed by atoms with Crippen molar-refractivity contribution in [3.8, 4) is 0 Å². The van der Waals surface area contributed by atoms with E-state index in [0.29, 0.717) is 0 Å². The van der Waals surface area contributed by atoms with Crippen molar-refractivity contribution in [2.45, 2.75) is 40.2 Å². The van der Waals surface area contributed by atoms with Crippen molar-refractivity contribution >= 4 is 39.1 Å². The number of aromatic nitrogens is 1. The van der Waals surface area contributed by atoms with Crippen LogP contribution in [0.1, 0.15) is 31.9 Å². The summed E-state index contributed by atoms with van der Waals surface area (Å²) >= 11 is 6.30. The van der Waals surface area contributed by atoms with E-state index in [1.54, 1.807) is 0 Å². The van der Waals surface area contributed by atoms with E-state index in [1.807, 2.05) is 6.07 Å². The highest BCUT2D eigenvalue weighted by Crippen LogP contribution is 2.32. The molecule has 0 bridgehead atoms. The number of hydrogen-bond acceptors (Lipinski definition) is 1. The van der Waals surface area contributed by atoms with Gasteiger partial charge in [-0.2, -0.15) is 0 Å². The van der Waals surface area contributed by atoms with E-state index in [0.717, 1.165) is 37.5 Å². The van der Waals surface area contributed by atoms with Crippen molar-refractivity contribution in [3.63, 3.8) is 0 Å². The van der Waals surface area contributed by atoms with Gasteiger partial charge >= 0.3 is 0 Å². The van der Waals surface area contributed by atoms with Crippen LogP contribution in [0.25, 0.3) is 21.8 Å². The molecule has 3 aromatic carbocycles. The van der Waals surface area contributed by atoms with Gasteiger partial charge in [-0.3, -0.25) is 0 Å². The fourth-order valence-electron chi connectivity index (χ4n) is 4.37. The molecule has 150 valence electrons. The smallest absolute Gasteiger partial charge is 0.0492 e. The Morgan fingerprint density at radius 3 is 1.97 bits per heavy atom. The van der Waals surface area contributed by atoms with Crippen molar-refractivity contribution in [2.24, 2.45) is 0 Å². The first-order chi connectivity index (χ1) is 14.1. The van der Waals surface area contributed by atoms with Crippen LogP contribution < -0.4 is 4.90 Å². The van der Waals surface area contributed by atoms with Gasteiger partial charge in [-0.1, -0.05) is 29.8 Å². The first-order valence-electron chi connectivity index (χ1n) is 10.7. The Labute approximate surface area is 178 Å². The number of fused-ring (bicyclic) bond motifs is 3. The Morgan fingerprint density at radius 2 is 1.31 bits per heavy atom. The summed E-state index contributed by atoms with van der Waals surface area (Å²) in [6.45, 7) is 9.66. The van der Waals surface area contributed by atoms with E-state index in [2.05, 4.69) is 84.8 Å². The Balaban J connectivity index is 1.59. The molecule has 4 rings (SSSR count). The number of hydrogen-bond donors (Lipinski definition) is 0. The molecule has 1 aromatic heterocycles. The second kappa shape index (κ2) is 8.51. The van der Waals surface area contributed by atoms with Crippen LogP contribution in [0.3, 0.4) is 0 Å². The Bertz CT molecular complexity index is 1120. The molecule has 0 fully saturated rings. The summed E-state index contributed by atoms with van der Waals surface area (Å²) < 4.78 is 2.37. The first kappa shape index (κ1) is 19.8. The lowest BCUT2D eigenvalue weighted by molar-refractivity contribution is 0.827. The van der Waals surface area contributed by atoms with E-state index in [1.165, 1.54) is 38.6 Å². The molecule has 3 heteroatoms. The zero-order valence-corrected chi connectivity index (χ0v) is 18.3. The largest absolute Gasteiger partial charge is 0.372 e. The minimum atomic E-state index is 0.798. The highest BCUT2D eigenvalue weighted by Gasteiger charge is 2.11. The van der Waals surface area contributed by atoms with Crippen molar-refractivity contribution in [3.05, 3.63) is 76.8 Å². The van der Waals surface area contributed by atoms with E-state index in [9.17, 15) is 0 Å². The number of rotatable bonds is 7. The number of nitrogens with zero attached hydrogens (tertiary/aromatic N) is 2. The fraction of sp³-hybridized carbons (Fsp3) is 0.308. The van der Waals surface area contributed by atoms with Crippen LogP contribution in [-0.2, 0) is 19.4 Å². The zero-order valence-electron chi connectivity index (χ0n) is 17.6. The van der Waals surface area contributed by atoms with Crippen LogP contribution >= 0.6 is 11.6 Å². The van der Waals surface area contributed by atoms with Gasteiger partial charge < -0.3 is 9.47 Å². The minimum absolute atomic E-state index is 0.798. The number of benzene rings is 3. The number of anilines is 1. The molecule has 1 heterocycles. The van der Waals surface area contributed by atoms with Crippen LogP contribution in [0.15, 0.2) is 60.7 Å². The molecule has 4 aromatic rings. The molecule has 0 aliphatic carbocycles. The quantitative estimate of drug-likeness (QED) is 0.319. The van der Waals surface area contributed by atoms with Crippen molar-refractivity contribution < 1.29 is 0 Å². The molecule has 29 heavy (non-hydrogen) atoms. The summed E-state index contributed by atoms with van der Waals surface area (Å²) in [6, 6.07) is 22.2. The van der Waals surface area contributed by atoms with Crippen molar-refractivity contribution in [1.82, 2.24) is 4.57 Å². The van der Waals surface area contributed by atoms with Crippen molar-refractivity contribution in [2.75, 3.05) is 18.0 Å². The maximum atomic E-state index is 6.30. The molecule has 0 aliphatic heterocycles. The van der Waals surface area contributed by atoms with Gasteiger partial charge in [0, 0.05) is 52.2 Å². The third-order valence-electron chi connectivity index (χ3n) is 5.97. The normalized spacial score (nSPS) is 11.4. The Kier molecular flexibility index (Phi) is 5.82. The molecule has 2 nitrogen and oxygen atoms in total. The summed E-state index contributed by atoms with van der Waals surface area (Å²) in [7, 11) is 0. The lowest BCUT2D eigenvalue weighted by atomic mass is 10.0. The average Bonchev–Trinajstić information content (AvgIpc) is 3.06. The summed E-state index contributed by atoms with van der Waals surface area (Å²) in [4.78, 5) is 2.38. The summed E-state index contributed by atoms with van der Waals surface area (Å²) in [5.74, 6) is 0. The number of aryl methyl sites for hydroxylation is 3. The third-order valence-corrected chi connectivity index (χ3v) is 6.21. The molecule has 0 unspecified atom stereocenters. The second-order valence-corrected chi connectivity index (χ2v) is 8.03. The molecule has 0 saturated carbocycles. The van der Waals surface area contributed by atoms with Crippen molar-refractivity contribution in [1.29, 1.82) is 0 Å². The van der Waals surface area contributed by atoms with Gasteiger partial charge in [0.05, 0.1) is 0 Å². The van der Waals surface area contributed by atoms with Gasteiger partial charge in [0.2, 0.25) is 0 Å². The molecule has 0 radical (unpaired) electrons. The standard InChI is InChI=1S/C26H29ClN2/c1-4-28(5-2)22-13-9-19(10-14-22)7-8-20-11-15-25-23(17-20)24-18-21(27)12-16-26(24)29(25)6-3/h9-18H,4-8H2,1-3H3. The SMILES string of the molecule is CCN(CC)c1ccc(CCc2ccc3c(c2)c2cc(Cl)ccc2n3CC)cc1. The fourth-order valence-corrected chi connectivity index (χ4v) is 4.54. The predicted molar refractivity (Wildman–Crippen MR) is 128 cm³/mol. The molecular formula is C26H29ClN2. The van der Waals surface area contributed by atoms with Crippen LogP contribution in [0, 0.1) is 0 Å². The highest BCUT2D eigenvalue weighted by molar-refractivity contribution is 6.31. The van der Waals surface area contributed by atoms with Crippen LogP contribution in [-0.4, -0.2) is 17.7 Å². The third kappa shape index (κ3) is 3.86. The summed E-state index contributed by atoms with van der Waals surface area (Å²) in [5, 5.41) is 3.35. The van der Waals surface area contributed by atoms with Gasteiger partial charge in [-0.15, -0.1) is 0 Å². The monoisotopic (exact) mass is 404 g/mol. The summed E-state index contributed by atoms with van der Waals surface area (Å²) in [5.41, 5.74) is 6.62. The number of halogens is 1. The average molecular weight is 405 g/mol. The van der Waals surface area contributed by atoms with Crippen LogP contribution in [0.4, 0.5) is 5.69 Å². The van der Waals surface area contributed by atoms with E-state index >= 15 is 0 Å². The lowest BCUT2D eigenvalue weighted by Crippen LogP contribution is -2.21. The van der Waals surface area contributed by atoms with Crippen LogP contribution in [0.2, 0.25) is 5.02 Å². The minimum Gasteiger partial charge on any atom is -0.372 e. The molecule has 0 spiro atoms.